The van der Waals surface area contributed by atoms with E-state index in [1.807, 2.05) is 0 Å². The van der Waals surface area contributed by atoms with Crippen LogP contribution in [0.15, 0.2) is 18.3 Å². The third-order valence-corrected chi connectivity index (χ3v) is 7.52. The second kappa shape index (κ2) is 9.19. The molecule has 2 aliphatic rings. The van der Waals surface area contributed by atoms with Crippen molar-refractivity contribution in [2.75, 3.05) is 39.3 Å². The lowest BCUT2D eigenvalue weighted by molar-refractivity contribution is 0.100. The van der Waals surface area contributed by atoms with E-state index in [9.17, 15) is 9.18 Å². The number of nitrogens with two attached hydrogens (primary N) is 2. The number of amides is 1. The Balaban J connectivity index is 1.46. The lowest BCUT2D eigenvalue weighted by Gasteiger charge is -2.42. The first-order chi connectivity index (χ1) is 15.3. The molecule has 3 heterocycles. The Bertz CT molecular complexity index is 999. The van der Waals surface area contributed by atoms with E-state index in [-0.39, 0.29) is 11.0 Å². The Morgan fingerprint density at radius 3 is 2.53 bits per heavy atom. The predicted molar refractivity (Wildman–Crippen MR) is 125 cm³/mol. The Hall–Kier alpha value is -2.45. The largest absolute Gasteiger partial charge is 0.404 e. The Morgan fingerprint density at radius 1 is 1.25 bits per heavy atom. The molecule has 32 heavy (non-hydrogen) atoms. The summed E-state index contributed by atoms with van der Waals surface area (Å²) in [6, 6.07) is 2.47. The number of nitrogens with zero attached hydrogens (tertiary/aromatic N) is 3. The fourth-order valence-electron chi connectivity index (χ4n) is 5.31. The normalized spacial score (nSPS) is 21.3. The van der Waals surface area contributed by atoms with Gasteiger partial charge in [-0.1, -0.05) is 13.8 Å². The molecule has 0 unspecified atom stereocenters. The fourth-order valence-corrected chi connectivity index (χ4v) is 5.31. The number of carbonyl (C=O) groups is 1. The zero-order chi connectivity index (χ0) is 22.9. The number of likely N-dealkylation sites (tertiary alicyclic amines) is 2. The van der Waals surface area contributed by atoms with Crippen molar-refractivity contribution in [2.45, 2.75) is 39.5 Å². The number of carbonyl (C=O) groups excluding carboxylic acids is 1. The molecule has 1 amide bonds. The van der Waals surface area contributed by atoms with Crippen LogP contribution in [0.1, 0.15) is 55.7 Å². The average Bonchev–Trinajstić information content (AvgIpc) is 3.18. The first-order valence-electron chi connectivity index (χ1n) is 11.7. The van der Waals surface area contributed by atoms with E-state index >= 15 is 0 Å². The van der Waals surface area contributed by atoms with Gasteiger partial charge in [-0.2, -0.15) is 0 Å². The van der Waals surface area contributed by atoms with Gasteiger partial charge in [-0.15, -0.1) is 0 Å². The van der Waals surface area contributed by atoms with Crippen molar-refractivity contribution < 1.29 is 9.18 Å². The smallest absolute Gasteiger partial charge is 0.251 e. The molecule has 174 valence electrons. The van der Waals surface area contributed by atoms with Gasteiger partial charge in [-0.3, -0.25) is 4.79 Å². The van der Waals surface area contributed by atoms with Crippen molar-refractivity contribution in [3.63, 3.8) is 0 Å². The van der Waals surface area contributed by atoms with E-state index in [2.05, 4.69) is 33.6 Å². The lowest BCUT2D eigenvalue weighted by atomic mass is 9.73. The summed E-state index contributed by atoms with van der Waals surface area (Å²) in [5.74, 6) is 0.141. The van der Waals surface area contributed by atoms with Crippen LogP contribution in [0.25, 0.3) is 16.6 Å². The van der Waals surface area contributed by atoms with E-state index in [4.69, 9.17) is 11.5 Å². The first kappa shape index (κ1) is 22.7. The summed E-state index contributed by atoms with van der Waals surface area (Å²) in [5, 5.41) is 0. The second-order valence-electron chi connectivity index (χ2n) is 9.62. The number of primary amides is 1. The van der Waals surface area contributed by atoms with Gasteiger partial charge < -0.3 is 26.3 Å². The van der Waals surface area contributed by atoms with Gasteiger partial charge >= 0.3 is 0 Å². The van der Waals surface area contributed by atoms with Crippen LogP contribution in [0.5, 0.6) is 0 Å². The molecule has 2 fully saturated rings. The lowest BCUT2D eigenvalue weighted by Crippen LogP contribution is -2.44. The van der Waals surface area contributed by atoms with Crippen molar-refractivity contribution in [1.82, 2.24) is 19.8 Å². The van der Waals surface area contributed by atoms with Gasteiger partial charge in [0.1, 0.15) is 17.2 Å². The van der Waals surface area contributed by atoms with Crippen LogP contribution in [0.4, 0.5) is 4.39 Å². The Morgan fingerprint density at radius 2 is 1.94 bits per heavy atom. The molecule has 2 aromatic rings. The number of fused-ring (bicyclic) bond motifs is 1. The molecular formula is C24H35FN6O. The number of hydrogen-bond donors (Lipinski definition) is 3. The number of aromatic nitrogens is 2. The molecule has 0 atom stereocenters. The molecule has 2 saturated heterocycles. The standard InChI is InChI=1S/C24H35FN6O/c1-3-30-8-4-16(5-9-30)15-31-10-6-24(2,7-11-31)19(14-26)23-28-20-13-17(25)12-18(22(27)32)21(20)29-23/h12-14,16H,3-11,15,26H2,1-2H3,(H2,27,32)(H,28,29). The van der Waals surface area contributed by atoms with Crippen LogP contribution >= 0.6 is 0 Å². The number of benzene rings is 1. The van der Waals surface area contributed by atoms with Crippen LogP contribution in [0, 0.1) is 17.2 Å². The zero-order valence-electron chi connectivity index (χ0n) is 19.2. The average molecular weight is 443 g/mol. The van der Waals surface area contributed by atoms with Crippen LogP contribution < -0.4 is 11.5 Å². The van der Waals surface area contributed by atoms with Crippen LogP contribution in [0.3, 0.4) is 0 Å². The maximum Gasteiger partial charge on any atom is 0.251 e. The number of hydrogen-bond acceptors (Lipinski definition) is 5. The highest BCUT2D eigenvalue weighted by Crippen LogP contribution is 2.43. The Labute approximate surface area is 189 Å². The van der Waals surface area contributed by atoms with Gasteiger partial charge in [-0.05, 0) is 81.9 Å². The number of imidazole rings is 1. The number of piperidine rings is 2. The number of allylic oxidation sites excluding steroid dienone is 1. The third kappa shape index (κ3) is 4.52. The highest BCUT2D eigenvalue weighted by atomic mass is 19.1. The third-order valence-electron chi connectivity index (χ3n) is 7.52. The number of rotatable bonds is 6. The highest BCUT2D eigenvalue weighted by molar-refractivity contribution is 6.04. The topological polar surface area (TPSA) is 104 Å². The SMILES string of the molecule is CCN1CCC(CN2CCC(C)(C(=CN)c3nc4c(C(N)=O)cc(F)cc4[nH]3)CC2)CC1. The van der Waals surface area contributed by atoms with Gasteiger partial charge in [0, 0.05) is 18.3 Å². The Kier molecular flexibility index (Phi) is 6.53. The van der Waals surface area contributed by atoms with E-state index in [1.54, 1.807) is 6.20 Å². The van der Waals surface area contributed by atoms with Crippen molar-refractivity contribution in [2.24, 2.45) is 22.8 Å². The van der Waals surface area contributed by atoms with E-state index in [1.165, 1.54) is 38.5 Å². The van der Waals surface area contributed by atoms with Crippen LogP contribution in [-0.2, 0) is 0 Å². The first-order valence-corrected chi connectivity index (χ1v) is 11.7. The molecule has 0 saturated carbocycles. The molecule has 2 aliphatic heterocycles. The summed E-state index contributed by atoms with van der Waals surface area (Å²) in [7, 11) is 0. The molecule has 0 bridgehead atoms. The van der Waals surface area contributed by atoms with E-state index < -0.39 is 11.7 Å². The quantitative estimate of drug-likeness (QED) is 0.638. The molecule has 0 aliphatic carbocycles. The zero-order valence-corrected chi connectivity index (χ0v) is 19.2. The van der Waals surface area contributed by atoms with Crippen LogP contribution in [0.2, 0.25) is 0 Å². The molecule has 8 heteroatoms. The molecule has 1 aromatic heterocycles. The summed E-state index contributed by atoms with van der Waals surface area (Å²) in [6.45, 7) is 11.2. The van der Waals surface area contributed by atoms with E-state index in [0.29, 0.717) is 16.9 Å². The minimum atomic E-state index is -0.699. The number of halogens is 1. The van der Waals surface area contributed by atoms with Crippen LogP contribution in [-0.4, -0.2) is 64.9 Å². The number of nitrogens with one attached hydrogen (secondary N) is 1. The van der Waals surface area contributed by atoms with Gasteiger partial charge in [0.25, 0.3) is 5.91 Å². The summed E-state index contributed by atoms with van der Waals surface area (Å²) in [6.07, 6.45) is 6.12. The summed E-state index contributed by atoms with van der Waals surface area (Å²) in [5.41, 5.74) is 13.2. The van der Waals surface area contributed by atoms with Gasteiger partial charge in [0.2, 0.25) is 0 Å². The van der Waals surface area contributed by atoms with Crippen molar-refractivity contribution in [3.8, 4) is 0 Å². The molecule has 0 radical (unpaired) electrons. The second-order valence-corrected chi connectivity index (χ2v) is 9.62. The number of aromatic amines is 1. The molecular weight excluding hydrogens is 407 g/mol. The molecule has 5 N–H and O–H groups in total. The van der Waals surface area contributed by atoms with Crippen molar-refractivity contribution in [3.05, 3.63) is 35.5 Å². The molecule has 4 rings (SSSR count). The predicted octanol–water partition coefficient (Wildman–Crippen LogP) is 2.93. The minimum absolute atomic E-state index is 0.0768. The minimum Gasteiger partial charge on any atom is -0.404 e. The van der Waals surface area contributed by atoms with Crippen molar-refractivity contribution >= 4 is 22.5 Å². The molecule has 7 nitrogen and oxygen atoms in total. The molecule has 0 spiro atoms. The monoisotopic (exact) mass is 442 g/mol. The summed E-state index contributed by atoms with van der Waals surface area (Å²) >= 11 is 0. The maximum absolute atomic E-state index is 14.0. The van der Waals surface area contributed by atoms with Gasteiger partial charge in [0.15, 0.2) is 0 Å². The highest BCUT2D eigenvalue weighted by Gasteiger charge is 2.36. The van der Waals surface area contributed by atoms with Gasteiger partial charge in [0.05, 0.1) is 11.1 Å². The van der Waals surface area contributed by atoms with Crippen molar-refractivity contribution in [1.29, 1.82) is 0 Å². The summed E-state index contributed by atoms with van der Waals surface area (Å²) < 4.78 is 14.0. The molecule has 1 aromatic carbocycles. The number of H-pyrrole nitrogens is 1. The van der Waals surface area contributed by atoms with E-state index in [0.717, 1.165) is 50.0 Å². The summed E-state index contributed by atoms with van der Waals surface area (Å²) in [4.78, 5) is 24.7. The maximum atomic E-state index is 14.0. The fraction of sp³-hybridized carbons (Fsp3) is 0.583. The van der Waals surface area contributed by atoms with Gasteiger partial charge in [-0.25, -0.2) is 9.37 Å².